The summed E-state index contributed by atoms with van der Waals surface area (Å²) in [6.07, 6.45) is 2.90. The highest BCUT2D eigenvalue weighted by atomic mass is 35.5. The fourth-order valence-corrected chi connectivity index (χ4v) is 2.64. The van der Waals surface area contributed by atoms with E-state index in [0.29, 0.717) is 0 Å². The maximum absolute atomic E-state index is 5.99. The Kier molecular flexibility index (Phi) is 3.31. The van der Waals surface area contributed by atoms with Gasteiger partial charge in [-0.2, -0.15) is 0 Å². The summed E-state index contributed by atoms with van der Waals surface area (Å²) < 4.78 is 0. The molecule has 1 aliphatic heterocycles. The molecule has 0 N–H and O–H groups in total. The minimum Gasteiger partial charge on any atom is -0.293 e. The van der Waals surface area contributed by atoms with Gasteiger partial charge in [-0.25, -0.2) is 0 Å². The minimum atomic E-state index is 0.761. The van der Waals surface area contributed by atoms with Crippen LogP contribution in [0.2, 0.25) is 5.02 Å². The lowest BCUT2D eigenvalue weighted by atomic mass is 10.00. The molecule has 3 heteroatoms. The van der Waals surface area contributed by atoms with Crippen molar-refractivity contribution in [2.45, 2.75) is 19.5 Å². The number of halogens is 1. The van der Waals surface area contributed by atoms with Crippen molar-refractivity contribution < 1.29 is 0 Å². The summed E-state index contributed by atoms with van der Waals surface area (Å²) in [6.45, 7) is 2.96. The number of aromatic nitrogens is 1. The van der Waals surface area contributed by atoms with Crippen molar-refractivity contribution in [2.75, 3.05) is 6.54 Å². The van der Waals surface area contributed by atoms with E-state index in [1.54, 1.807) is 6.20 Å². The normalized spacial score (nSPS) is 15.4. The van der Waals surface area contributed by atoms with Crippen molar-refractivity contribution in [1.82, 2.24) is 9.88 Å². The van der Waals surface area contributed by atoms with E-state index in [1.165, 1.54) is 11.1 Å². The van der Waals surface area contributed by atoms with Gasteiger partial charge in [0.15, 0.2) is 0 Å². The lowest BCUT2D eigenvalue weighted by molar-refractivity contribution is 0.242. The summed E-state index contributed by atoms with van der Waals surface area (Å²) in [7, 11) is 0. The zero-order valence-corrected chi connectivity index (χ0v) is 10.9. The number of hydrogen-bond acceptors (Lipinski definition) is 2. The van der Waals surface area contributed by atoms with Crippen LogP contribution in [0.4, 0.5) is 0 Å². The van der Waals surface area contributed by atoms with Crippen molar-refractivity contribution in [3.63, 3.8) is 0 Å². The van der Waals surface area contributed by atoms with Crippen LogP contribution in [0.15, 0.2) is 42.6 Å². The van der Waals surface area contributed by atoms with E-state index < -0.39 is 0 Å². The van der Waals surface area contributed by atoms with Crippen LogP contribution in [-0.2, 0) is 19.5 Å². The summed E-state index contributed by atoms with van der Waals surface area (Å²) in [6, 6.07) is 12.4. The summed E-state index contributed by atoms with van der Waals surface area (Å²) in [5.74, 6) is 0. The molecule has 2 heterocycles. The molecule has 92 valence electrons. The zero-order valence-electron chi connectivity index (χ0n) is 10.1. The molecule has 0 atom stereocenters. The Hall–Kier alpha value is -1.38. The van der Waals surface area contributed by atoms with Crippen molar-refractivity contribution in [2.24, 2.45) is 0 Å². The van der Waals surface area contributed by atoms with Crippen LogP contribution in [-0.4, -0.2) is 16.4 Å². The molecule has 0 unspecified atom stereocenters. The van der Waals surface area contributed by atoms with Gasteiger partial charge >= 0.3 is 0 Å². The molecule has 0 saturated carbocycles. The standard InChI is InChI=1S/C15H15ClN2/c16-14-5-7-17-15(9-14)11-18-8-6-12-3-1-2-4-13(12)10-18/h1-5,7,9H,6,8,10-11H2. The summed E-state index contributed by atoms with van der Waals surface area (Å²) in [5, 5.41) is 0.761. The fourth-order valence-electron chi connectivity index (χ4n) is 2.45. The van der Waals surface area contributed by atoms with Crippen LogP contribution in [0.3, 0.4) is 0 Å². The smallest absolute Gasteiger partial charge is 0.0558 e. The molecule has 0 aliphatic carbocycles. The van der Waals surface area contributed by atoms with Gasteiger partial charge in [-0.15, -0.1) is 0 Å². The van der Waals surface area contributed by atoms with E-state index >= 15 is 0 Å². The molecule has 2 aromatic rings. The van der Waals surface area contributed by atoms with Crippen molar-refractivity contribution in [3.05, 3.63) is 64.4 Å². The van der Waals surface area contributed by atoms with E-state index in [1.807, 2.05) is 12.1 Å². The Bertz CT molecular complexity index is 554. The van der Waals surface area contributed by atoms with Gasteiger partial charge in [0.2, 0.25) is 0 Å². The molecule has 18 heavy (non-hydrogen) atoms. The maximum Gasteiger partial charge on any atom is 0.0558 e. The van der Waals surface area contributed by atoms with Gasteiger partial charge in [0, 0.05) is 30.9 Å². The SMILES string of the molecule is Clc1ccnc(CN2CCc3ccccc3C2)c1. The van der Waals surface area contributed by atoms with Gasteiger partial charge in [-0.3, -0.25) is 9.88 Å². The second-order valence-corrected chi connectivity index (χ2v) is 5.13. The summed E-state index contributed by atoms with van der Waals surface area (Å²) >= 11 is 5.99. The number of pyridine rings is 1. The van der Waals surface area contributed by atoms with Crippen molar-refractivity contribution >= 4 is 11.6 Å². The second kappa shape index (κ2) is 5.09. The van der Waals surface area contributed by atoms with Crippen molar-refractivity contribution in [3.8, 4) is 0 Å². The maximum atomic E-state index is 5.99. The average Bonchev–Trinajstić information content (AvgIpc) is 2.39. The molecule has 0 saturated heterocycles. The van der Waals surface area contributed by atoms with Crippen LogP contribution in [0.1, 0.15) is 16.8 Å². The molecule has 1 aromatic heterocycles. The van der Waals surface area contributed by atoms with E-state index in [-0.39, 0.29) is 0 Å². The zero-order chi connectivity index (χ0) is 12.4. The van der Waals surface area contributed by atoms with E-state index in [4.69, 9.17) is 11.6 Å². The van der Waals surface area contributed by atoms with Gasteiger partial charge in [-0.1, -0.05) is 35.9 Å². The predicted octanol–water partition coefficient (Wildman–Crippen LogP) is 3.29. The van der Waals surface area contributed by atoms with Gasteiger partial charge < -0.3 is 0 Å². The average molecular weight is 259 g/mol. The number of benzene rings is 1. The first-order valence-electron chi connectivity index (χ1n) is 6.21. The number of nitrogens with zero attached hydrogens (tertiary/aromatic N) is 2. The summed E-state index contributed by atoms with van der Waals surface area (Å²) in [4.78, 5) is 6.78. The first kappa shape index (κ1) is 11.7. The quantitative estimate of drug-likeness (QED) is 0.822. The second-order valence-electron chi connectivity index (χ2n) is 4.69. The third-order valence-corrected chi connectivity index (χ3v) is 3.61. The van der Waals surface area contributed by atoms with E-state index in [0.717, 1.165) is 36.8 Å². The molecule has 0 fully saturated rings. The molecule has 0 amide bonds. The van der Waals surface area contributed by atoms with Crippen LogP contribution in [0, 0.1) is 0 Å². The fraction of sp³-hybridized carbons (Fsp3) is 0.267. The van der Waals surface area contributed by atoms with Crippen LogP contribution in [0.25, 0.3) is 0 Å². The van der Waals surface area contributed by atoms with Crippen LogP contribution in [0.5, 0.6) is 0 Å². The molecule has 0 spiro atoms. The highest BCUT2D eigenvalue weighted by molar-refractivity contribution is 6.30. The van der Waals surface area contributed by atoms with Gasteiger partial charge in [0.25, 0.3) is 0 Å². The molecule has 3 rings (SSSR count). The van der Waals surface area contributed by atoms with Crippen LogP contribution >= 0.6 is 11.6 Å². The Balaban J connectivity index is 1.73. The number of rotatable bonds is 2. The molecular formula is C15H15ClN2. The molecule has 1 aliphatic rings. The largest absolute Gasteiger partial charge is 0.293 e. The Morgan fingerprint density at radius 2 is 2.00 bits per heavy atom. The molecule has 2 nitrogen and oxygen atoms in total. The van der Waals surface area contributed by atoms with Gasteiger partial charge in [0.1, 0.15) is 0 Å². The first-order valence-corrected chi connectivity index (χ1v) is 6.58. The number of hydrogen-bond donors (Lipinski definition) is 0. The summed E-state index contributed by atoms with van der Waals surface area (Å²) in [5.41, 5.74) is 3.96. The monoisotopic (exact) mass is 258 g/mol. The van der Waals surface area contributed by atoms with E-state index in [2.05, 4.69) is 34.1 Å². The Morgan fingerprint density at radius 1 is 1.17 bits per heavy atom. The molecule has 0 bridgehead atoms. The lowest BCUT2D eigenvalue weighted by Crippen LogP contribution is -2.30. The molecular weight excluding hydrogens is 244 g/mol. The number of fused-ring (bicyclic) bond motifs is 1. The van der Waals surface area contributed by atoms with Gasteiger partial charge in [-0.05, 0) is 29.7 Å². The highest BCUT2D eigenvalue weighted by Crippen LogP contribution is 2.20. The first-order chi connectivity index (χ1) is 8.81. The minimum absolute atomic E-state index is 0.761. The molecule has 0 radical (unpaired) electrons. The third kappa shape index (κ3) is 2.55. The van der Waals surface area contributed by atoms with Crippen LogP contribution < -0.4 is 0 Å². The third-order valence-electron chi connectivity index (χ3n) is 3.37. The Labute approximate surface area is 112 Å². The van der Waals surface area contributed by atoms with Gasteiger partial charge in [0.05, 0.1) is 5.69 Å². The van der Waals surface area contributed by atoms with E-state index in [9.17, 15) is 0 Å². The predicted molar refractivity (Wildman–Crippen MR) is 73.5 cm³/mol. The lowest BCUT2D eigenvalue weighted by Gasteiger charge is -2.28. The topological polar surface area (TPSA) is 16.1 Å². The Morgan fingerprint density at radius 3 is 2.83 bits per heavy atom. The van der Waals surface area contributed by atoms with Crippen molar-refractivity contribution in [1.29, 1.82) is 0 Å². The molecule has 1 aromatic carbocycles. The highest BCUT2D eigenvalue weighted by Gasteiger charge is 2.15.